The number of carbonyl (C=O) groups excluding carboxylic acids is 1. The summed E-state index contributed by atoms with van der Waals surface area (Å²) in [4.78, 5) is 12.0. The maximum absolute atomic E-state index is 12.0. The molecular formula is C18H21ClN2O3. The highest BCUT2D eigenvalue weighted by Crippen LogP contribution is 2.15. The molecule has 24 heavy (non-hydrogen) atoms. The molecule has 0 saturated carbocycles. The lowest BCUT2D eigenvalue weighted by molar-refractivity contribution is 0.0617. The highest BCUT2D eigenvalue weighted by molar-refractivity contribution is 6.31. The normalized spacial score (nSPS) is 10.4. The molecule has 2 aromatic carbocycles. The maximum Gasteiger partial charge on any atom is 0.319 e. The van der Waals surface area contributed by atoms with Crippen molar-refractivity contribution in [2.24, 2.45) is 0 Å². The summed E-state index contributed by atoms with van der Waals surface area (Å²) in [7, 11) is 1.63. The Balaban J connectivity index is 1.82. The monoisotopic (exact) mass is 348 g/mol. The molecule has 0 aliphatic rings. The zero-order valence-electron chi connectivity index (χ0n) is 13.5. The van der Waals surface area contributed by atoms with E-state index in [2.05, 4.69) is 10.6 Å². The highest BCUT2D eigenvalue weighted by Gasteiger charge is 2.04. The van der Waals surface area contributed by atoms with Crippen LogP contribution in [0, 0.1) is 0 Å². The number of nitrogens with one attached hydrogen (secondary N) is 2. The number of hydrogen-bond acceptors (Lipinski definition) is 3. The third-order valence-corrected chi connectivity index (χ3v) is 3.65. The largest absolute Gasteiger partial charge is 0.382 e. The number of urea groups is 1. The summed E-state index contributed by atoms with van der Waals surface area (Å²) in [5.74, 6) is 0. The first-order valence-corrected chi connectivity index (χ1v) is 8.00. The van der Waals surface area contributed by atoms with E-state index < -0.39 is 0 Å². The summed E-state index contributed by atoms with van der Waals surface area (Å²) < 4.78 is 10.4. The number of hydrogen-bond donors (Lipinski definition) is 2. The van der Waals surface area contributed by atoms with Gasteiger partial charge in [0.25, 0.3) is 0 Å². The van der Waals surface area contributed by atoms with Crippen LogP contribution in [-0.4, -0.2) is 26.4 Å². The third-order valence-electron chi connectivity index (χ3n) is 3.28. The molecule has 0 unspecified atom stereocenters. The van der Waals surface area contributed by atoms with E-state index in [1.54, 1.807) is 13.2 Å². The summed E-state index contributed by atoms with van der Waals surface area (Å²) in [6.45, 7) is 1.93. The molecule has 2 aromatic rings. The lowest BCUT2D eigenvalue weighted by Gasteiger charge is -2.10. The average Bonchev–Trinajstić information content (AvgIpc) is 2.58. The molecule has 2 N–H and O–H groups in total. The van der Waals surface area contributed by atoms with Crippen LogP contribution in [0.15, 0.2) is 48.5 Å². The first-order valence-electron chi connectivity index (χ1n) is 7.63. The van der Waals surface area contributed by atoms with Crippen LogP contribution in [0.1, 0.15) is 11.1 Å². The fraction of sp³-hybridized carbons (Fsp3) is 0.278. The van der Waals surface area contributed by atoms with Gasteiger partial charge in [-0.2, -0.15) is 0 Å². The van der Waals surface area contributed by atoms with Crippen molar-refractivity contribution >= 4 is 23.3 Å². The van der Waals surface area contributed by atoms with E-state index in [9.17, 15) is 4.79 Å². The van der Waals surface area contributed by atoms with Crippen LogP contribution in [0.25, 0.3) is 0 Å². The molecule has 128 valence electrons. The van der Waals surface area contributed by atoms with Gasteiger partial charge >= 0.3 is 6.03 Å². The van der Waals surface area contributed by atoms with Gasteiger partial charge in [0, 0.05) is 24.4 Å². The molecule has 0 atom stereocenters. The van der Waals surface area contributed by atoms with Crippen molar-refractivity contribution in [2.45, 2.75) is 13.2 Å². The molecule has 0 aliphatic carbocycles. The fourth-order valence-corrected chi connectivity index (χ4v) is 2.27. The Bertz CT molecular complexity index is 664. The Labute approximate surface area is 146 Å². The first kappa shape index (κ1) is 18.3. The fourth-order valence-electron chi connectivity index (χ4n) is 2.06. The van der Waals surface area contributed by atoms with Crippen LogP contribution in [0.2, 0.25) is 5.02 Å². The number of ether oxygens (including phenoxy) is 2. The number of anilines is 1. The lowest BCUT2D eigenvalue weighted by atomic mass is 10.2. The zero-order chi connectivity index (χ0) is 17.2. The van der Waals surface area contributed by atoms with Crippen molar-refractivity contribution < 1.29 is 14.3 Å². The van der Waals surface area contributed by atoms with Crippen LogP contribution in [-0.2, 0) is 22.6 Å². The van der Waals surface area contributed by atoms with Crippen LogP contribution < -0.4 is 10.6 Å². The summed E-state index contributed by atoms with van der Waals surface area (Å²) in [6, 6.07) is 14.6. The molecular weight excluding hydrogens is 328 g/mol. The Morgan fingerprint density at radius 1 is 1.12 bits per heavy atom. The molecule has 2 rings (SSSR count). The predicted molar refractivity (Wildman–Crippen MR) is 95.3 cm³/mol. The Morgan fingerprint density at radius 3 is 2.75 bits per heavy atom. The molecule has 0 aliphatic heterocycles. The van der Waals surface area contributed by atoms with E-state index in [1.165, 1.54) is 0 Å². The van der Waals surface area contributed by atoms with Crippen LogP contribution >= 0.6 is 11.6 Å². The number of amides is 2. The predicted octanol–water partition coefficient (Wildman–Crippen LogP) is 3.82. The van der Waals surface area contributed by atoms with Crippen molar-refractivity contribution in [2.75, 3.05) is 25.6 Å². The van der Waals surface area contributed by atoms with Gasteiger partial charge < -0.3 is 20.1 Å². The quantitative estimate of drug-likeness (QED) is 0.713. The summed E-state index contributed by atoms with van der Waals surface area (Å²) in [6.07, 6.45) is 0. The van der Waals surface area contributed by atoms with E-state index in [0.29, 0.717) is 37.1 Å². The van der Waals surface area contributed by atoms with E-state index in [0.717, 1.165) is 11.1 Å². The SMILES string of the molecule is COCCOCc1cccc(NC(=O)NCc2ccccc2Cl)c1. The summed E-state index contributed by atoms with van der Waals surface area (Å²) >= 11 is 6.07. The summed E-state index contributed by atoms with van der Waals surface area (Å²) in [5, 5.41) is 6.22. The molecule has 0 radical (unpaired) electrons. The molecule has 0 fully saturated rings. The van der Waals surface area contributed by atoms with Crippen LogP contribution in [0.4, 0.5) is 10.5 Å². The van der Waals surface area contributed by atoms with Crippen molar-refractivity contribution in [1.29, 1.82) is 0 Å². The molecule has 0 aromatic heterocycles. The van der Waals surface area contributed by atoms with Gasteiger partial charge in [-0.1, -0.05) is 41.9 Å². The van der Waals surface area contributed by atoms with Gasteiger partial charge in [0.1, 0.15) is 0 Å². The minimum atomic E-state index is -0.285. The van der Waals surface area contributed by atoms with Gasteiger partial charge in [0.15, 0.2) is 0 Å². The van der Waals surface area contributed by atoms with Gasteiger partial charge in [0.05, 0.1) is 19.8 Å². The molecule has 5 nitrogen and oxygen atoms in total. The molecule has 0 saturated heterocycles. The molecule has 0 heterocycles. The van der Waals surface area contributed by atoms with Gasteiger partial charge in [-0.15, -0.1) is 0 Å². The molecule has 0 spiro atoms. The summed E-state index contributed by atoms with van der Waals surface area (Å²) in [5.41, 5.74) is 2.56. The van der Waals surface area contributed by atoms with Crippen molar-refractivity contribution in [1.82, 2.24) is 5.32 Å². The topological polar surface area (TPSA) is 59.6 Å². The first-order chi connectivity index (χ1) is 11.7. The van der Waals surface area contributed by atoms with Crippen molar-refractivity contribution in [3.05, 3.63) is 64.7 Å². The van der Waals surface area contributed by atoms with Gasteiger partial charge in [-0.05, 0) is 29.3 Å². The minimum absolute atomic E-state index is 0.285. The third kappa shape index (κ3) is 6.20. The van der Waals surface area contributed by atoms with E-state index in [4.69, 9.17) is 21.1 Å². The second kappa shape index (κ2) is 9.93. The second-order valence-corrected chi connectivity index (χ2v) is 5.55. The average molecular weight is 349 g/mol. The second-order valence-electron chi connectivity index (χ2n) is 5.14. The molecule has 0 bridgehead atoms. The Morgan fingerprint density at radius 2 is 1.96 bits per heavy atom. The van der Waals surface area contributed by atoms with E-state index in [-0.39, 0.29) is 6.03 Å². The molecule has 6 heteroatoms. The number of carbonyl (C=O) groups is 1. The van der Waals surface area contributed by atoms with Gasteiger partial charge in [0.2, 0.25) is 0 Å². The maximum atomic E-state index is 12.0. The van der Waals surface area contributed by atoms with E-state index >= 15 is 0 Å². The van der Waals surface area contributed by atoms with E-state index in [1.807, 2.05) is 42.5 Å². The Kier molecular flexibility index (Phi) is 7.55. The van der Waals surface area contributed by atoms with Crippen LogP contribution in [0.3, 0.4) is 0 Å². The smallest absolute Gasteiger partial charge is 0.319 e. The lowest BCUT2D eigenvalue weighted by Crippen LogP contribution is -2.28. The zero-order valence-corrected chi connectivity index (χ0v) is 14.3. The molecule has 2 amide bonds. The number of methoxy groups -OCH3 is 1. The number of benzene rings is 2. The number of rotatable bonds is 8. The standard InChI is InChI=1S/C18H21ClN2O3/c1-23-9-10-24-13-14-5-4-7-16(11-14)21-18(22)20-12-15-6-2-3-8-17(15)19/h2-8,11H,9-10,12-13H2,1H3,(H2,20,21,22). The van der Waals surface area contributed by atoms with Crippen molar-refractivity contribution in [3.8, 4) is 0 Å². The minimum Gasteiger partial charge on any atom is -0.382 e. The van der Waals surface area contributed by atoms with Gasteiger partial charge in [-0.3, -0.25) is 0 Å². The highest BCUT2D eigenvalue weighted by atomic mass is 35.5. The van der Waals surface area contributed by atoms with Crippen LogP contribution in [0.5, 0.6) is 0 Å². The Hall–Kier alpha value is -2.08. The number of halogens is 1. The van der Waals surface area contributed by atoms with Crippen molar-refractivity contribution in [3.63, 3.8) is 0 Å². The van der Waals surface area contributed by atoms with Gasteiger partial charge in [-0.25, -0.2) is 4.79 Å².